The first kappa shape index (κ1) is 13.0. The zero-order valence-corrected chi connectivity index (χ0v) is 10.2. The highest BCUT2D eigenvalue weighted by atomic mass is 16.6. The van der Waals surface area contributed by atoms with Crippen molar-refractivity contribution in [3.05, 3.63) is 51.4 Å². The van der Waals surface area contributed by atoms with Gasteiger partial charge < -0.3 is 14.4 Å². The van der Waals surface area contributed by atoms with Gasteiger partial charge in [0.05, 0.1) is 11.5 Å². The highest BCUT2D eigenvalue weighted by Crippen LogP contribution is 2.28. The van der Waals surface area contributed by atoms with E-state index in [1.54, 1.807) is 13.0 Å². The van der Waals surface area contributed by atoms with Crippen molar-refractivity contribution in [2.45, 2.75) is 20.1 Å². The largest absolute Gasteiger partial charge is 0.480 e. The summed E-state index contributed by atoms with van der Waals surface area (Å²) in [6.07, 6.45) is 0. The lowest BCUT2D eigenvalue weighted by molar-refractivity contribution is -0.386. The van der Waals surface area contributed by atoms with E-state index in [1.165, 1.54) is 18.2 Å². The topological polar surface area (TPSA) is 98.6 Å². The predicted octanol–water partition coefficient (Wildman–Crippen LogP) is 1.96. The molecular weight excluding hydrogens is 252 g/mol. The molecule has 0 aliphatic carbocycles. The molecule has 1 N–H and O–H groups in total. The highest BCUT2D eigenvalue weighted by Gasteiger charge is 2.16. The quantitative estimate of drug-likeness (QED) is 0.654. The molecule has 2 aromatic rings. The maximum atomic E-state index is 10.9. The molecule has 0 fully saturated rings. The predicted molar refractivity (Wildman–Crippen MR) is 64.6 cm³/mol. The van der Waals surface area contributed by atoms with Gasteiger partial charge >= 0.3 is 5.69 Å². The number of aliphatic hydroxyl groups is 1. The fourth-order valence-corrected chi connectivity index (χ4v) is 1.56. The van der Waals surface area contributed by atoms with Gasteiger partial charge in [-0.2, -0.15) is 0 Å². The number of nitro benzene ring substituents is 1. The molecule has 0 saturated heterocycles. The molecule has 0 radical (unpaired) electrons. The number of nitro groups is 1. The Hall–Kier alpha value is -2.41. The third-order valence-electron chi connectivity index (χ3n) is 2.46. The molecule has 0 bridgehead atoms. The molecule has 0 atom stereocenters. The highest BCUT2D eigenvalue weighted by molar-refractivity contribution is 5.48. The Morgan fingerprint density at radius 2 is 2.26 bits per heavy atom. The van der Waals surface area contributed by atoms with Crippen LogP contribution in [0.15, 0.2) is 28.8 Å². The normalized spacial score (nSPS) is 10.4. The summed E-state index contributed by atoms with van der Waals surface area (Å²) >= 11 is 0. The number of aryl methyl sites for hydroxylation is 1. The molecule has 100 valence electrons. The molecule has 2 rings (SSSR count). The van der Waals surface area contributed by atoms with Gasteiger partial charge in [0.1, 0.15) is 18.1 Å². The molecule has 7 heteroatoms. The number of rotatable bonds is 5. The van der Waals surface area contributed by atoms with Gasteiger partial charge in [-0.3, -0.25) is 10.1 Å². The van der Waals surface area contributed by atoms with Crippen LogP contribution in [0.2, 0.25) is 0 Å². The van der Waals surface area contributed by atoms with Crippen LogP contribution < -0.4 is 4.74 Å². The Bertz CT molecular complexity index is 594. The molecule has 0 aliphatic heterocycles. The Labute approximate surface area is 108 Å². The molecule has 0 saturated carbocycles. The van der Waals surface area contributed by atoms with E-state index >= 15 is 0 Å². The number of aromatic nitrogens is 1. The van der Waals surface area contributed by atoms with Crippen molar-refractivity contribution in [3.63, 3.8) is 0 Å². The van der Waals surface area contributed by atoms with Crippen LogP contribution in [0.1, 0.15) is 17.0 Å². The standard InChI is InChI=1S/C12H12N2O5/c1-8-4-10(13-19-8)7-18-12-5-9(6-15)2-3-11(12)14(16)17/h2-5,15H,6-7H2,1H3. The van der Waals surface area contributed by atoms with Gasteiger partial charge in [0.15, 0.2) is 5.75 Å². The molecule has 1 aromatic carbocycles. The van der Waals surface area contributed by atoms with E-state index in [0.717, 1.165) is 0 Å². The van der Waals surface area contributed by atoms with Crippen molar-refractivity contribution in [2.75, 3.05) is 0 Å². The van der Waals surface area contributed by atoms with Crippen molar-refractivity contribution in [1.82, 2.24) is 5.16 Å². The molecule has 7 nitrogen and oxygen atoms in total. The molecule has 0 aliphatic rings. The number of hydrogen-bond acceptors (Lipinski definition) is 6. The number of hydrogen-bond donors (Lipinski definition) is 1. The van der Waals surface area contributed by atoms with Gasteiger partial charge in [-0.05, 0) is 24.6 Å². The van der Waals surface area contributed by atoms with E-state index in [9.17, 15) is 10.1 Å². The van der Waals surface area contributed by atoms with Crippen molar-refractivity contribution in [2.24, 2.45) is 0 Å². The van der Waals surface area contributed by atoms with Crippen LogP contribution in [-0.4, -0.2) is 15.2 Å². The first-order chi connectivity index (χ1) is 9.10. The maximum absolute atomic E-state index is 10.9. The van der Waals surface area contributed by atoms with Gasteiger partial charge in [-0.15, -0.1) is 0 Å². The summed E-state index contributed by atoms with van der Waals surface area (Å²) in [6.45, 7) is 1.59. The Balaban J connectivity index is 2.19. The average molecular weight is 264 g/mol. The van der Waals surface area contributed by atoms with Gasteiger partial charge in [-0.25, -0.2) is 0 Å². The SMILES string of the molecule is Cc1cc(COc2cc(CO)ccc2[N+](=O)[O-])no1. The fraction of sp³-hybridized carbons (Fsp3) is 0.250. The Morgan fingerprint density at radius 3 is 2.84 bits per heavy atom. The van der Waals surface area contributed by atoms with Gasteiger partial charge in [0.2, 0.25) is 0 Å². The summed E-state index contributed by atoms with van der Waals surface area (Å²) in [7, 11) is 0. The van der Waals surface area contributed by atoms with Crippen LogP contribution in [0.25, 0.3) is 0 Å². The summed E-state index contributed by atoms with van der Waals surface area (Å²) in [5, 5.41) is 23.6. The second-order valence-corrected chi connectivity index (χ2v) is 3.93. The zero-order valence-electron chi connectivity index (χ0n) is 10.2. The zero-order chi connectivity index (χ0) is 13.8. The smallest absolute Gasteiger partial charge is 0.310 e. The molecule has 0 unspecified atom stereocenters. The minimum atomic E-state index is -0.537. The van der Waals surface area contributed by atoms with Crippen LogP contribution in [0.4, 0.5) is 5.69 Å². The summed E-state index contributed by atoms with van der Waals surface area (Å²) in [5.74, 6) is 0.731. The van der Waals surface area contributed by atoms with E-state index < -0.39 is 4.92 Å². The van der Waals surface area contributed by atoms with Crippen LogP contribution in [0, 0.1) is 17.0 Å². The van der Waals surface area contributed by atoms with Gasteiger partial charge in [-0.1, -0.05) is 5.16 Å². The lowest BCUT2D eigenvalue weighted by Crippen LogP contribution is -2.00. The van der Waals surface area contributed by atoms with Gasteiger partial charge in [0.25, 0.3) is 0 Å². The van der Waals surface area contributed by atoms with E-state index in [-0.39, 0.29) is 24.7 Å². The maximum Gasteiger partial charge on any atom is 0.310 e. The molecular formula is C12H12N2O5. The van der Waals surface area contributed by atoms with Crippen molar-refractivity contribution in [1.29, 1.82) is 0 Å². The van der Waals surface area contributed by atoms with Crippen LogP contribution >= 0.6 is 0 Å². The summed E-state index contributed by atoms with van der Waals surface area (Å²) < 4.78 is 10.2. The van der Waals surface area contributed by atoms with E-state index in [0.29, 0.717) is 17.0 Å². The molecule has 0 amide bonds. The second kappa shape index (κ2) is 5.49. The van der Waals surface area contributed by atoms with Gasteiger partial charge in [0, 0.05) is 12.1 Å². The number of ether oxygens (including phenoxy) is 1. The first-order valence-electron chi connectivity index (χ1n) is 5.53. The molecule has 0 spiro atoms. The lowest BCUT2D eigenvalue weighted by atomic mass is 10.2. The van der Waals surface area contributed by atoms with E-state index in [2.05, 4.69) is 5.16 Å². The number of benzene rings is 1. The minimum Gasteiger partial charge on any atom is -0.480 e. The van der Waals surface area contributed by atoms with Crippen LogP contribution in [0.3, 0.4) is 0 Å². The van der Waals surface area contributed by atoms with Crippen molar-refractivity contribution < 1.29 is 19.3 Å². The number of nitrogens with zero attached hydrogens (tertiary/aromatic N) is 2. The monoisotopic (exact) mass is 264 g/mol. The minimum absolute atomic E-state index is 0.0626. The molecule has 1 aromatic heterocycles. The van der Waals surface area contributed by atoms with E-state index in [1.807, 2.05) is 0 Å². The third kappa shape index (κ3) is 3.08. The summed E-state index contributed by atoms with van der Waals surface area (Å²) in [6, 6.07) is 5.90. The average Bonchev–Trinajstić information content (AvgIpc) is 2.81. The fourth-order valence-electron chi connectivity index (χ4n) is 1.56. The van der Waals surface area contributed by atoms with E-state index in [4.69, 9.17) is 14.4 Å². The second-order valence-electron chi connectivity index (χ2n) is 3.93. The molecule has 1 heterocycles. The summed E-state index contributed by atoms with van der Waals surface area (Å²) in [4.78, 5) is 10.3. The number of aliphatic hydroxyl groups excluding tert-OH is 1. The summed E-state index contributed by atoms with van der Waals surface area (Å²) in [5.41, 5.74) is 0.926. The lowest BCUT2D eigenvalue weighted by Gasteiger charge is -2.06. The van der Waals surface area contributed by atoms with Crippen molar-refractivity contribution in [3.8, 4) is 5.75 Å². The molecule has 19 heavy (non-hydrogen) atoms. The first-order valence-corrected chi connectivity index (χ1v) is 5.53. The Kier molecular flexibility index (Phi) is 3.76. The third-order valence-corrected chi connectivity index (χ3v) is 2.46. The van der Waals surface area contributed by atoms with Crippen LogP contribution in [-0.2, 0) is 13.2 Å². The van der Waals surface area contributed by atoms with Crippen LogP contribution in [0.5, 0.6) is 5.75 Å². The Morgan fingerprint density at radius 1 is 1.47 bits per heavy atom. The van der Waals surface area contributed by atoms with Crippen molar-refractivity contribution >= 4 is 5.69 Å².